The van der Waals surface area contributed by atoms with Crippen molar-refractivity contribution in [3.8, 4) is 0 Å². The van der Waals surface area contributed by atoms with E-state index in [-0.39, 0.29) is 29.7 Å². The minimum atomic E-state index is -1.16. The van der Waals surface area contributed by atoms with Crippen molar-refractivity contribution in [3.63, 3.8) is 0 Å². The van der Waals surface area contributed by atoms with E-state index in [0.29, 0.717) is 12.2 Å². The lowest BCUT2D eigenvalue weighted by Gasteiger charge is -2.27. The summed E-state index contributed by atoms with van der Waals surface area (Å²) in [5.41, 5.74) is -0.103. The molecule has 5 N–H and O–H groups in total. The van der Waals surface area contributed by atoms with Crippen LogP contribution in [0.5, 0.6) is 0 Å². The number of hydrogen-bond donors (Lipinski definition) is 5. The van der Waals surface area contributed by atoms with Crippen molar-refractivity contribution < 1.29 is 33.3 Å². The summed E-state index contributed by atoms with van der Waals surface area (Å²) < 4.78 is 16.1. The SMILES string of the molecule is C/C=C1\NC(=O)[C@H]2CS[S+](O)SCC/C=C/[C@H](CC(=O)N[C@H](C(C)C)C(=O)N2)OC(=O)C(C(C)C)NC1=O. The van der Waals surface area contributed by atoms with E-state index in [1.807, 2.05) is 0 Å². The van der Waals surface area contributed by atoms with Crippen molar-refractivity contribution in [1.82, 2.24) is 21.3 Å². The standard InChI is InChI=1S/C24H36N4O7S3/c1-6-16-21(30)28-20(14(4)5)24(33)35-15-9-7-8-10-36-38(34)37-12-17(22(31)25-16)26-23(32)19(13(2)3)27-18(29)11-15/h6-7,9,13-15,17,19-20,34H,8,10-12H2,1-5H3,(H3-,25,26,27,28,29,30,31,32)/p+1/b9-7+,16-6-/t15-,17-,19-,20?,38?/m1/s1. The molecule has 0 aromatic heterocycles. The number of carbonyl (C=O) groups excluding carboxylic acids is 5. The summed E-state index contributed by atoms with van der Waals surface area (Å²) in [7, 11) is 1.21. The maximum absolute atomic E-state index is 13.2. The van der Waals surface area contributed by atoms with Crippen molar-refractivity contribution >= 4 is 60.4 Å². The number of ether oxygens (including phenoxy) is 1. The molecule has 38 heavy (non-hydrogen) atoms. The summed E-state index contributed by atoms with van der Waals surface area (Å²) in [5, 5.41) is 10.5. The lowest BCUT2D eigenvalue weighted by molar-refractivity contribution is -0.153. The molecule has 14 heteroatoms. The van der Waals surface area contributed by atoms with Crippen molar-refractivity contribution in [2.45, 2.75) is 71.7 Å². The zero-order chi connectivity index (χ0) is 28.4. The molecule has 11 nitrogen and oxygen atoms in total. The summed E-state index contributed by atoms with van der Waals surface area (Å²) in [4.78, 5) is 65.5. The van der Waals surface area contributed by atoms with Gasteiger partial charge in [0.1, 0.15) is 51.5 Å². The van der Waals surface area contributed by atoms with Crippen LogP contribution in [0.2, 0.25) is 0 Å². The van der Waals surface area contributed by atoms with Crippen LogP contribution >= 0.6 is 21.6 Å². The fourth-order valence-corrected chi connectivity index (χ4v) is 7.89. The molecule has 2 bridgehead atoms. The maximum Gasteiger partial charge on any atom is 0.329 e. The van der Waals surface area contributed by atoms with E-state index in [2.05, 4.69) is 21.3 Å². The fraction of sp³-hybridized carbons (Fsp3) is 0.625. The second-order valence-electron chi connectivity index (χ2n) is 9.46. The molecular weight excluding hydrogens is 552 g/mol. The van der Waals surface area contributed by atoms with Gasteiger partial charge in [-0.15, -0.1) is 0 Å². The second-order valence-corrected chi connectivity index (χ2v) is 15.0. The first kappa shape index (κ1) is 32.1. The first-order valence-corrected chi connectivity index (χ1v) is 16.6. The van der Waals surface area contributed by atoms with Crippen LogP contribution in [0.15, 0.2) is 23.9 Å². The predicted molar refractivity (Wildman–Crippen MR) is 151 cm³/mol. The smallest absolute Gasteiger partial charge is 0.329 e. The monoisotopic (exact) mass is 589 g/mol. The van der Waals surface area contributed by atoms with Crippen molar-refractivity contribution in [2.24, 2.45) is 11.8 Å². The Morgan fingerprint density at radius 2 is 1.68 bits per heavy atom. The van der Waals surface area contributed by atoms with Crippen molar-refractivity contribution in [3.05, 3.63) is 23.9 Å². The molecule has 0 saturated carbocycles. The Morgan fingerprint density at radius 1 is 1.00 bits per heavy atom. The molecule has 4 amide bonds. The molecule has 2 aliphatic heterocycles. The van der Waals surface area contributed by atoms with Gasteiger partial charge in [0, 0.05) is 0 Å². The van der Waals surface area contributed by atoms with Crippen molar-refractivity contribution in [1.29, 1.82) is 0 Å². The van der Waals surface area contributed by atoms with Gasteiger partial charge in [0.15, 0.2) is 0 Å². The van der Waals surface area contributed by atoms with Gasteiger partial charge in [0.2, 0.25) is 17.7 Å². The highest BCUT2D eigenvalue weighted by atomic mass is 33.5. The van der Waals surface area contributed by atoms with Gasteiger partial charge in [-0.2, -0.15) is 4.55 Å². The lowest BCUT2D eigenvalue weighted by atomic mass is 10.0. The maximum atomic E-state index is 13.2. The summed E-state index contributed by atoms with van der Waals surface area (Å²) in [6, 6.07) is -3.13. The lowest BCUT2D eigenvalue weighted by Crippen LogP contribution is -2.57. The van der Waals surface area contributed by atoms with E-state index in [1.165, 1.54) is 16.9 Å². The second kappa shape index (κ2) is 15.4. The van der Waals surface area contributed by atoms with Crippen LogP contribution in [-0.2, 0) is 37.9 Å². The van der Waals surface area contributed by atoms with E-state index in [1.54, 1.807) is 46.8 Å². The quantitative estimate of drug-likeness (QED) is 0.105. The van der Waals surface area contributed by atoms with E-state index in [9.17, 15) is 28.5 Å². The number of allylic oxidation sites excluding steroid dienone is 2. The highest BCUT2D eigenvalue weighted by Crippen LogP contribution is 2.28. The fourth-order valence-electron chi connectivity index (χ4n) is 3.56. The topological polar surface area (TPSA) is 163 Å². The molecular formula is C24H37N4O7S3+. The number of carbonyl (C=O) groups is 5. The van der Waals surface area contributed by atoms with E-state index < -0.39 is 63.1 Å². The third kappa shape index (κ3) is 9.86. The van der Waals surface area contributed by atoms with Crippen LogP contribution in [0, 0.1) is 11.8 Å². The molecule has 1 fully saturated rings. The largest absolute Gasteiger partial charge is 0.456 e. The number of rotatable bonds is 2. The zero-order valence-corrected chi connectivity index (χ0v) is 24.6. The Labute approximate surface area is 233 Å². The van der Waals surface area contributed by atoms with E-state index in [0.717, 1.165) is 10.8 Å². The highest BCUT2D eigenvalue weighted by molar-refractivity contribution is 9.04. The Morgan fingerprint density at radius 3 is 2.32 bits per heavy atom. The Hall–Kier alpha value is -2.16. The van der Waals surface area contributed by atoms with Crippen LogP contribution in [0.4, 0.5) is 0 Å². The van der Waals surface area contributed by atoms with Crippen LogP contribution in [-0.4, -0.2) is 69.9 Å². The van der Waals surface area contributed by atoms with E-state index in [4.69, 9.17) is 4.74 Å². The molecule has 2 heterocycles. The molecule has 0 spiro atoms. The average Bonchev–Trinajstić information content (AvgIpc) is 2.84. The molecule has 2 rings (SSSR count). The van der Waals surface area contributed by atoms with Crippen molar-refractivity contribution in [2.75, 3.05) is 11.5 Å². The number of fused-ring (bicyclic) bond motifs is 7. The molecule has 0 aliphatic carbocycles. The van der Waals surface area contributed by atoms with Crippen LogP contribution in [0.3, 0.4) is 0 Å². The highest BCUT2D eigenvalue weighted by Gasteiger charge is 2.35. The number of esters is 1. The van der Waals surface area contributed by atoms with Gasteiger partial charge in [-0.05, 0) is 31.3 Å². The molecule has 0 aromatic carbocycles. The van der Waals surface area contributed by atoms with Gasteiger partial charge in [-0.3, -0.25) is 19.2 Å². The number of hydrogen-bond acceptors (Lipinski definition) is 9. The Kier molecular flexibility index (Phi) is 13.0. The van der Waals surface area contributed by atoms with Gasteiger partial charge >= 0.3 is 5.97 Å². The minimum Gasteiger partial charge on any atom is -0.456 e. The molecule has 2 aliphatic rings. The minimum absolute atomic E-state index is 0.0282. The summed E-state index contributed by atoms with van der Waals surface area (Å²) in [6.07, 6.45) is 4.10. The molecule has 1 saturated heterocycles. The predicted octanol–water partition coefficient (Wildman–Crippen LogP) is 1.44. The third-order valence-corrected chi connectivity index (χ3v) is 10.8. The van der Waals surface area contributed by atoms with E-state index >= 15 is 0 Å². The van der Waals surface area contributed by atoms with Gasteiger partial charge < -0.3 is 26.0 Å². The summed E-state index contributed by atoms with van der Waals surface area (Å²) in [5.74, 6) is -3.31. The normalized spacial score (nSPS) is 31.0. The summed E-state index contributed by atoms with van der Waals surface area (Å²) >= 11 is 0. The molecule has 0 radical (unpaired) electrons. The average molecular weight is 590 g/mol. The number of amides is 4. The molecule has 2 unspecified atom stereocenters. The van der Waals surface area contributed by atoms with Gasteiger partial charge in [-0.25, -0.2) is 4.79 Å². The zero-order valence-electron chi connectivity index (χ0n) is 22.1. The number of nitrogens with one attached hydrogen (secondary N) is 4. The van der Waals surface area contributed by atoms with Crippen LogP contribution in [0.1, 0.15) is 47.5 Å². The Balaban J connectivity index is 2.59. The molecule has 212 valence electrons. The third-order valence-electron chi connectivity index (χ3n) is 5.71. The van der Waals surface area contributed by atoms with Gasteiger partial charge in [0.05, 0.1) is 17.9 Å². The van der Waals surface area contributed by atoms with Gasteiger partial charge in [0.25, 0.3) is 15.1 Å². The first-order chi connectivity index (χ1) is 17.9. The Bertz CT molecular complexity index is 957. The van der Waals surface area contributed by atoms with Gasteiger partial charge in [-0.1, -0.05) is 39.8 Å². The first-order valence-electron chi connectivity index (χ1n) is 12.4. The van der Waals surface area contributed by atoms with Crippen LogP contribution < -0.4 is 21.3 Å². The summed E-state index contributed by atoms with van der Waals surface area (Å²) in [6.45, 7) is 8.53. The molecule has 5 atom stereocenters. The van der Waals surface area contributed by atoms with Crippen LogP contribution in [0.25, 0.3) is 0 Å². The molecule has 0 aromatic rings.